The van der Waals surface area contributed by atoms with E-state index in [9.17, 15) is 9.18 Å². The molecule has 0 aliphatic rings. The third-order valence-corrected chi connectivity index (χ3v) is 2.24. The van der Waals surface area contributed by atoms with Crippen LogP contribution in [0.1, 0.15) is 15.9 Å². The molecule has 0 spiro atoms. The molecule has 1 aromatic carbocycles. The molecule has 1 aromatic heterocycles. The summed E-state index contributed by atoms with van der Waals surface area (Å²) < 4.78 is 18.3. The van der Waals surface area contributed by atoms with Crippen molar-refractivity contribution in [3.63, 3.8) is 0 Å². The largest absolute Gasteiger partial charge is 0.363 e. The van der Waals surface area contributed by atoms with Crippen LogP contribution < -0.4 is 11.1 Å². The van der Waals surface area contributed by atoms with Crippen molar-refractivity contribution < 1.29 is 13.7 Å². The summed E-state index contributed by atoms with van der Waals surface area (Å²) in [4.78, 5) is 11.8. The maximum absolute atomic E-state index is 13.8. The van der Waals surface area contributed by atoms with Gasteiger partial charge in [0.2, 0.25) is 0 Å². The van der Waals surface area contributed by atoms with E-state index in [1.54, 1.807) is 6.07 Å². The third-order valence-electron chi connectivity index (χ3n) is 2.24. The van der Waals surface area contributed by atoms with E-state index in [1.807, 2.05) is 0 Å². The molecule has 96 valence electrons. The van der Waals surface area contributed by atoms with Crippen molar-refractivity contribution in [2.75, 3.05) is 11.9 Å². The Bertz CT molecular complexity index is 642. The Balaban J connectivity index is 2.18. The zero-order valence-corrected chi connectivity index (χ0v) is 9.81. The van der Waals surface area contributed by atoms with Gasteiger partial charge in [-0.2, -0.15) is 0 Å². The van der Waals surface area contributed by atoms with Crippen molar-refractivity contribution >= 4 is 11.6 Å². The molecule has 2 rings (SSSR count). The number of rotatable bonds is 2. The molecule has 3 N–H and O–H groups in total. The van der Waals surface area contributed by atoms with Crippen LogP contribution >= 0.6 is 0 Å². The molecule has 0 saturated heterocycles. The molecule has 0 unspecified atom stereocenters. The summed E-state index contributed by atoms with van der Waals surface area (Å²) in [5, 5.41) is 5.88. The second-order valence-corrected chi connectivity index (χ2v) is 3.57. The highest BCUT2D eigenvalue weighted by Crippen LogP contribution is 2.13. The lowest BCUT2D eigenvalue weighted by atomic mass is 10.1. The van der Waals surface area contributed by atoms with Gasteiger partial charge in [0.25, 0.3) is 5.91 Å². The number of carbonyl (C=O) groups excluding carboxylic acids is 1. The number of nitrogens with two attached hydrogens (primary N) is 1. The molecule has 0 aliphatic carbocycles. The van der Waals surface area contributed by atoms with Gasteiger partial charge < -0.3 is 15.6 Å². The van der Waals surface area contributed by atoms with Crippen molar-refractivity contribution in [2.24, 2.45) is 5.73 Å². The molecule has 5 nitrogen and oxygen atoms in total. The molecular formula is C13H10FN3O2. The SMILES string of the molecule is NCC#Cc1ccc(C(=O)Nc2cnoc2)c(F)c1. The lowest BCUT2D eigenvalue weighted by Crippen LogP contribution is -2.13. The molecule has 0 aliphatic heterocycles. The van der Waals surface area contributed by atoms with Crippen LogP contribution in [-0.4, -0.2) is 17.6 Å². The molecule has 1 amide bonds. The molecular weight excluding hydrogens is 249 g/mol. The van der Waals surface area contributed by atoms with Crippen LogP contribution in [0.25, 0.3) is 0 Å². The van der Waals surface area contributed by atoms with Gasteiger partial charge in [0.05, 0.1) is 18.3 Å². The van der Waals surface area contributed by atoms with E-state index in [0.29, 0.717) is 11.3 Å². The standard InChI is InChI=1S/C13H10FN3O2/c14-12-6-9(2-1-5-15)3-4-11(12)13(18)17-10-7-16-19-8-10/h3-4,6-8H,5,15H2,(H,17,18). The Morgan fingerprint density at radius 2 is 2.37 bits per heavy atom. The summed E-state index contributed by atoms with van der Waals surface area (Å²) in [5.74, 6) is 4.05. The number of hydrogen-bond donors (Lipinski definition) is 2. The van der Waals surface area contributed by atoms with Crippen molar-refractivity contribution in [2.45, 2.75) is 0 Å². The molecule has 1 heterocycles. The van der Waals surface area contributed by atoms with Crippen LogP contribution in [0.2, 0.25) is 0 Å². The molecule has 0 fully saturated rings. The molecule has 0 bridgehead atoms. The van der Waals surface area contributed by atoms with Crippen molar-refractivity contribution in [3.05, 3.63) is 47.6 Å². The fourth-order valence-electron chi connectivity index (χ4n) is 1.40. The topological polar surface area (TPSA) is 81.2 Å². The van der Waals surface area contributed by atoms with Crippen LogP contribution in [0.4, 0.5) is 10.1 Å². The monoisotopic (exact) mass is 259 g/mol. The second kappa shape index (κ2) is 5.80. The number of nitrogens with one attached hydrogen (secondary N) is 1. The van der Waals surface area contributed by atoms with Crippen LogP contribution in [0.15, 0.2) is 35.2 Å². The average molecular weight is 259 g/mol. The lowest BCUT2D eigenvalue weighted by molar-refractivity contribution is 0.102. The van der Waals surface area contributed by atoms with Gasteiger partial charge in [0.1, 0.15) is 17.8 Å². The maximum Gasteiger partial charge on any atom is 0.258 e. The highest BCUT2D eigenvalue weighted by atomic mass is 19.1. The first-order chi connectivity index (χ1) is 9.20. The molecule has 0 atom stereocenters. The summed E-state index contributed by atoms with van der Waals surface area (Å²) >= 11 is 0. The lowest BCUT2D eigenvalue weighted by Gasteiger charge is -2.03. The van der Waals surface area contributed by atoms with E-state index in [1.165, 1.54) is 24.6 Å². The summed E-state index contributed by atoms with van der Waals surface area (Å²) in [6.07, 6.45) is 2.56. The van der Waals surface area contributed by atoms with E-state index in [0.717, 1.165) is 0 Å². The summed E-state index contributed by atoms with van der Waals surface area (Å²) in [6, 6.07) is 4.10. The number of hydrogen-bond acceptors (Lipinski definition) is 4. The van der Waals surface area contributed by atoms with E-state index in [2.05, 4.69) is 26.8 Å². The zero-order chi connectivity index (χ0) is 13.7. The first kappa shape index (κ1) is 12.8. The highest BCUT2D eigenvalue weighted by molar-refractivity contribution is 6.04. The number of anilines is 1. The highest BCUT2D eigenvalue weighted by Gasteiger charge is 2.12. The summed E-state index contributed by atoms with van der Waals surface area (Å²) in [6.45, 7) is 0.192. The third kappa shape index (κ3) is 3.18. The number of benzene rings is 1. The van der Waals surface area contributed by atoms with Crippen LogP contribution in [-0.2, 0) is 0 Å². The van der Waals surface area contributed by atoms with E-state index in [4.69, 9.17) is 5.73 Å². The van der Waals surface area contributed by atoms with Crippen LogP contribution in [0, 0.1) is 17.7 Å². The van der Waals surface area contributed by atoms with Gasteiger partial charge in [0.15, 0.2) is 0 Å². The first-order valence-electron chi connectivity index (χ1n) is 5.40. The predicted molar refractivity (Wildman–Crippen MR) is 66.8 cm³/mol. The smallest absolute Gasteiger partial charge is 0.258 e. The average Bonchev–Trinajstić information content (AvgIpc) is 2.89. The Hall–Kier alpha value is -2.65. The zero-order valence-electron chi connectivity index (χ0n) is 9.81. The number of aromatic nitrogens is 1. The van der Waals surface area contributed by atoms with Crippen LogP contribution in [0.5, 0.6) is 0 Å². The van der Waals surface area contributed by atoms with Gasteiger partial charge in [-0.1, -0.05) is 17.0 Å². The minimum absolute atomic E-state index is 0.0838. The Morgan fingerprint density at radius 1 is 1.53 bits per heavy atom. The summed E-state index contributed by atoms with van der Waals surface area (Å²) in [5.41, 5.74) is 5.96. The fourth-order valence-corrected chi connectivity index (χ4v) is 1.40. The van der Waals surface area contributed by atoms with E-state index >= 15 is 0 Å². The van der Waals surface area contributed by atoms with Gasteiger partial charge in [-0.25, -0.2) is 4.39 Å². The van der Waals surface area contributed by atoms with Crippen LogP contribution in [0.3, 0.4) is 0 Å². The number of amides is 1. The fraction of sp³-hybridized carbons (Fsp3) is 0.0769. The van der Waals surface area contributed by atoms with Gasteiger partial charge in [-0.3, -0.25) is 4.79 Å². The maximum atomic E-state index is 13.8. The van der Waals surface area contributed by atoms with E-state index in [-0.39, 0.29) is 12.1 Å². The van der Waals surface area contributed by atoms with Gasteiger partial charge in [-0.05, 0) is 18.2 Å². The van der Waals surface area contributed by atoms with Crippen molar-refractivity contribution in [3.8, 4) is 11.8 Å². The molecule has 0 radical (unpaired) electrons. The number of carbonyl (C=O) groups is 1. The number of halogens is 1. The molecule has 19 heavy (non-hydrogen) atoms. The molecule has 6 heteroatoms. The summed E-state index contributed by atoms with van der Waals surface area (Å²) in [7, 11) is 0. The quantitative estimate of drug-likeness (QED) is 0.798. The normalized spacial score (nSPS) is 9.58. The predicted octanol–water partition coefficient (Wildman–Crippen LogP) is 1.38. The minimum atomic E-state index is -0.655. The Morgan fingerprint density at radius 3 is 3.00 bits per heavy atom. The Kier molecular flexibility index (Phi) is 3.90. The van der Waals surface area contributed by atoms with Crippen molar-refractivity contribution in [1.82, 2.24) is 5.16 Å². The molecule has 2 aromatic rings. The first-order valence-corrected chi connectivity index (χ1v) is 5.40. The number of nitrogens with zero attached hydrogens (tertiary/aromatic N) is 1. The van der Waals surface area contributed by atoms with Gasteiger partial charge in [0, 0.05) is 5.56 Å². The van der Waals surface area contributed by atoms with E-state index < -0.39 is 11.7 Å². The Labute approximate surface area is 108 Å². The van der Waals surface area contributed by atoms with Gasteiger partial charge in [-0.15, -0.1) is 0 Å². The minimum Gasteiger partial charge on any atom is -0.363 e. The molecule has 0 saturated carbocycles. The van der Waals surface area contributed by atoms with Crippen molar-refractivity contribution in [1.29, 1.82) is 0 Å². The second-order valence-electron chi connectivity index (χ2n) is 3.57. The van der Waals surface area contributed by atoms with Gasteiger partial charge >= 0.3 is 0 Å².